The number of amides is 1. The molecule has 0 atom stereocenters. The SMILES string of the molecule is CNC(=O)c1ccc(-c2cn3c(n2)sc2cc(C=O)ccc23)c(F)c1. The molecule has 0 saturated heterocycles. The lowest BCUT2D eigenvalue weighted by atomic mass is 10.1. The third-order valence-electron chi connectivity index (χ3n) is 3.99. The van der Waals surface area contributed by atoms with Crippen LogP contribution in [0.25, 0.3) is 26.4 Å². The molecule has 0 saturated carbocycles. The Morgan fingerprint density at radius 3 is 2.84 bits per heavy atom. The number of carbonyl (C=O) groups is 2. The fourth-order valence-electron chi connectivity index (χ4n) is 2.73. The van der Waals surface area contributed by atoms with E-state index < -0.39 is 5.82 Å². The molecular formula is C18H12FN3O2S. The van der Waals surface area contributed by atoms with Gasteiger partial charge in [-0.25, -0.2) is 9.37 Å². The smallest absolute Gasteiger partial charge is 0.251 e. The van der Waals surface area contributed by atoms with E-state index in [1.54, 1.807) is 30.5 Å². The average molecular weight is 353 g/mol. The maximum absolute atomic E-state index is 14.4. The second-order valence-electron chi connectivity index (χ2n) is 5.50. The highest BCUT2D eigenvalue weighted by Crippen LogP contribution is 2.31. The maximum atomic E-state index is 14.4. The van der Waals surface area contributed by atoms with Crippen molar-refractivity contribution in [1.82, 2.24) is 14.7 Å². The Kier molecular flexibility index (Phi) is 3.58. The fourth-order valence-corrected chi connectivity index (χ4v) is 3.79. The lowest BCUT2D eigenvalue weighted by Gasteiger charge is -2.03. The van der Waals surface area contributed by atoms with Gasteiger partial charge in [-0.2, -0.15) is 0 Å². The van der Waals surface area contributed by atoms with Gasteiger partial charge in [0.1, 0.15) is 12.1 Å². The Morgan fingerprint density at radius 1 is 1.28 bits per heavy atom. The van der Waals surface area contributed by atoms with E-state index in [2.05, 4.69) is 10.3 Å². The van der Waals surface area contributed by atoms with Gasteiger partial charge in [-0.05, 0) is 36.4 Å². The largest absolute Gasteiger partial charge is 0.355 e. The lowest BCUT2D eigenvalue weighted by Crippen LogP contribution is -2.17. The molecule has 2 aromatic heterocycles. The zero-order chi connectivity index (χ0) is 17.6. The highest BCUT2D eigenvalue weighted by atomic mass is 32.1. The molecule has 0 radical (unpaired) electrons. The van der Waals surface area contributed by atoms with Gasteiger partial charge < -0.3 is 5.32 Å². The Morgan fingerprint density at radius 2 is 2.12 bits per heavy atom. The van der Waals surface area contributed by atoms with E-state index in [9.17, 15) is 14.0 Å². The molecule has 4 aromatic rings. The zero-order valence-corrected chi connectivity index (χ0v) is 13.9. The topological polar surface area (TPSA) is 63.5 Å². The van der Waals surface area contributed by atoms with Crippen molar-refractivity contribution in [2.75, 3.05) is 7.05 Å². The van der Waals surface area contributed by atoms with Gasteiger partial charge in [0.2, 0.25) is 0 Å². The van der Waals surface area contributed by atoms with Crippen LogP contribution in [-0.2, 0) is 0 Å². The summed E-state index contributed by atoms with van der Waals surface area (Å²) in [7, 11) is 1.50. The van der Waals surface area contributed by atoms with E-state index in [-0.39, 0.29) is 11.5 Å². The van der Waals surface area contributed by atoms with Gasteiger partial charge in [0.15, 0.2) is 4.96 Å². The first-order valence-electron chi connectivity index (χ1n) is 7.49. The number of thiazole rings is 1. The van der Waals surface area contributed by atoms with Crippen molar-refractivity contribution in [3.05, 3.63) is 59.5 Å². The minimum atomic E-state index is -0.501. The minimum Gasteiger partial charge on any atom is -0.355 e. The van der Waals surface area contributed by atoms with Crippen molar-refractivity contribution in [3.63, 3.8) is 0 Å². The predicted molar refractivity (Wildman–Crippen MR) is 94.7 cm³/mol. The lowest BCUT2D eigenvalue weighted by molar-refractivity contribution is 0.0962. The number of imidazole rings is 1. The van der Waals surface area contributed by atoms with Gasteiger partial charge in [0, 0.05) is 29.9 Å². The summed E-state index contributed by atoms with van der Waals surface area (Å²) < 4.78 is 17.2. The number of aromatic nitrogens is 2. The van der Waals surface area contributed by atoms with Gasteiger partial charge >= 0.3 is 0 Å². The van der Waals surface area contributed by atoms with Crippen LogP contribution in [0.2, 0.25) is 0 Å². The van der Waals surface area contributed by atoms with Gasteiger partial charge in [-0.15, -0.1) is 0 Å². The van der Waals surface area contributed by atoms with Crippen LogP contribution in [0.3, 0.4) is 0 Å². The minimum absolute atomic E-state index is 0.261. The van der Waals surface area contributed by atoms with Crippen molar-refractivity contribution in [2.24, 2.45) is 0 Å². The van der Waals surface area contributed by atoms with Crippen LogP contribution in [0.4, 0.5) is 4.39 Å². The normalized spacial score (nSPS) is 11.1. The number of hydrogen-bond acceptors (Lipinski definition) is 4. The summed E-state index contributed by atoms with van der Waals surface area (Å²) in [6.07, 6.45) is 2.56. The maximum Gasteiger partial charge on any atom is 0.251 e. The number of rotatable bonds is 3. The standard InChI is InChI=1S/C18H12FN3O2S/c1-20-17(24)11-3-4-12(13(19)7-11)14-8-22-15-5-2-10(9-23)6-16(15)25-18(22)21-14/h2-9H,1H3,(H,20,24). The second kappa shape index (κ2) is 5.78. The Balaban J connectivity index is 1.82. The van der Waals surface area contributed by atoms with Crippen molar-refractivity contribution in [3.8, 4) is 11.3 Å². The third-order valence-corrected chi connectivity index (χ3v) is 5.01. The summed E-state index contributed by atoms with van der Waals surface area (Å²) in [6.45, 7) is 0. The van der Waals surface area contributed by atoms with Crippen LogP contribution in [0.1, 0.15) is 20.7 Å². The van der Waals surface area contributed by atoms with E-state index in [4.69, 9.17) is 0 Å². The fraction of sp³-hybridized carbons (Fsp3) is 0.0556. The van der Waals surface area contributed by atoms with E-state index >= 15 is 0 Å². The molecule has 0 fully saturated rings. The van der Waals surface area contributed by atoms with Crippen molar-refractivity contribution in [2.45, 2.75) is 0 Å². The molecular weight excluding hydrogens is 341 g/mol. The molecule has 0 bridgehead atoms. The number of nitrogens with one attached hydrogen (secondary N) is 1. The predicted octanol–water partition coefficient (Wildman–Crippen LogP) is 3.53. The summed E-state index contributed by atoms with van der Waals surface area (Å²) in [5.74, 6) is -0.840. The molecule has 0 aliphatic rings. The van der Waals surface area contributed by atoms with Crippen molar-refractivity contribution >= 4 is 38.7 Å². The van der Waals surface area contributed by atoms with Crippen LogP contribution < -0.4 is 5.32 Å². The Labute approximate surface area is 145 Å². The highest BCUT2D eigenvalue weighted by molar-refractivity contribution is 7.23. The number of halogens is 1. The molecule has 1 N–H and O–H groups in total. The van der Waals surface area contributed by atoms with Crippen LogP contribution >= 0.6 is 11.3 Å². The quantitative estimate of drug-likeness (QED) is 0.573. The first-order chi connectivity index (χ1) is 12.1. The number of carbonyl (C=O) groups excluding carboxylic acids is 2. The van der Waals surface area contributed by atoms with E-state index in [0.29, 0.717) is 21.8 Å². The van der Waals surface area contributed by atoms with Crippen molar-refractivity contribution < 1.29 is 14.0 Å². The molecule has 7 heteroatoms. The monoisotopic (exact) mass is 353 g/mol. The van der Waals surface area contributed by atoms with Crippen LogP contribution in [0.5, 0.6) is 0 Å². The van der Waals surface area contributed by atoms with Crippen LogP contribution in [0.15, 0.2) is 42.6 Å². The van der Waals surface area contributed by atoms with E-state index in [1.807, 2.05) is 10.5 Å². The number of hydrogen-bond donors (Lipinski definition) is 1. The summed E-state index contributed by atoms with van der Waals surface area (Å²) in [6, 6.07) is 9.72. The Hall–Kier alpha value is -3.06. The highest BCUT2D eigenvalue weighted by Gasteiger charge is 2.15. The van der Waals surface area contributed by atoms with Gasteiger partial charge in [0.05, 0.1) is 15.9 Å². The van der Waals surface area contributed by atoms with Gasteiger partial charge in [-0.1, -0.05) is 11.3 Å². The first-order valence-corrected chi connectivity index (χ1v) is 8.31. The molecule has 0 aliphatic carbocycles. The molecule has 2 aromatic carbocycles. The second-order valence-corrected chi connectivity index (χ2v) is 6.51. The van der Waals surface area contributed by atoms with Crippen LogP contribution in [-0.4, -0.2) is 28.6 Å². The molecule has 1 amide bonds. The number of fused-ring (bicyclic) bond motifs is 3. The first kappa shape index (κ1) is 15.5. The van der Waals surface area contributed by atoms with Gasteiger partial charge in [0.25, 0.3) is 5.91 Å². The summed E-state index contributed by atoms with van der Waals surface area (Å²) in [5.41, 5.74) is 2.60. The molecule has 0 unspecified atom stereocenters. The van der Waals surface area contributed by atoms with Crippen molar-refractivity contribution in [1.29, 1.82) is 0 Å². The number of aldehydes is 1. The molecule has 0 aliphatic heterocycles. The molecule has 4 rings (SSSR count). The van der Waals surface area contributed by atoms with Gasteiger partial charge in [-0.3, -0.25) is 14.0 Å². The summed E-state index contributed by atoms with van der Waals surface area (Å²) >= 11 is 1.43. The number of benzene rings is 2. The zero-order valence-electron chi connectivity index (χ0n) is 13.1. The summed E-state index contributed by atoms with van der Waals surface area (Å²) in [4.78, 5) is 27.7. The van der Waals surface area contributed by atoms with E-state index in [0.717, 1.165) is 16.5 Å². The average Bonchev–Trinajstić information content (AvgIpc) is 3.17. The van der Waals surface area contributed by atoms with Crippen LogP contribution in [0, 0.1) is 5.82 Å². The molecule has 25 heavy (non-hydrogen) atoms. The molecule has 5 nitrogen and oxygen atoms in total. The Bertz CT molecular complexity index is 1150. The molecule has 0 spiro atoms. The molecule has 124 valence electrons. The summed E-state index contributed by atoms with van der Waals surface area (Å²) in [5, 5.41) is 2.47. The third kappa shape index (κ3) is 2.49. The van der Waals surface area contributed by atoms with E-state index in [1.165, 1.54) is 24.5 Å². The molecule has 2 heterocycles. The number of nitrogens with zero attached hydrogens (tertiary/aromatic N) is 2.